The van der Waals surface area contributed by atoms with E-state index in [2.05, 4.69) is 26.6 Å². The number of rotatable bonds is 7. The lowest BCUT2D eigenvalue weighted by atomic mass is 10.2. The molecule has 148 valence electrons. The van der Waals surface area contributed by atoms with Gasteiger partial charge in [0, 0.05) is 21.8 Å². The van der Waals surface area contributed by atoms with Gasteiger partial charge in [0.25, 0.3) is 5.91 Å². The van der Waals surface area contributed by atoms with Crippen LogP contribution < -0.4 is 14.9 Å². The second-order valence-corrected chi connectivity index (χ2v) is 9.36. The Morgan fingerprint density at radius 3 is 2.50 bits per heavy atom. The normalized spacial score (nSPS) is 13.6. The number of hydrogen-bond acceptors (Lipinski definition) is 4. The predicted octanol–water partition coefficient (Wildman–Crippen LogP) is 2.75. The minimum absolute atomic E-state index is 0.190. The summed E-state index contributed by atoms with van der Waals surface area (Å²) < 4.78 is 26.0. The van der Waals surface area contributed by atoms with Crippen LogP contribution in [0, 0.1) is 0 Å². The largest absolute Gasteiger partial charge is 0.349 e. The van der Waals surface area contributed by atoms with Gasteiger partial charge in [-0.2, -0.15) is 0 Å². The number of hydrogen-bond donors (Lipinski definition) is 2. The van der Waals surface area contributed by atoms with Crippen LogP contribution in [0.2, 0.25) is 0 Å². The van der Waals surface area contributed by atoms with Gasteiger partial charge in [0.15, 0.2) is 0 Å². The molecule has 0 aromatic heterocycles. The smallest absolute Gasteiger partial charge is 0.251 e. The molecule has 1 fully saturated rings. The first-order chi connectivity index (χ1) is 13.2. The first-order valence-corrected chi connectivity index (χ1v) is 11.3. The van der Waals surface area contributed by atoms with Gasteiger partial charge in [-0.3, -0.25) is 13.9 Å². The standard InChI is InChI=1S/C19H20BrN3O4S/c1-28(26,27)23(17-8-3-2-7-16(17)20)12-18(24)21-15-6-4-5-13(11-15)19(25)22-14-9-10-14/h2-8,11,14H,9-10,12H2,1H3,(H,21,24)(H,22,25). The third-order valence-corrected chi connectivity index (χ3v) is 5.93. The second kappa shape index (κ2) is 8.32. The molecule has 0 unspecified atom stereocenters. The van der Waals surface area contributed by atoms with Crippen LogP contribution in [0.15, 0.2) is 53.0 Å². The Bertz CT molecular complexity index is 1010. The fourth-order valence-corrected chi connectivity index (χ4v) is 4.09. The summed E-state index contributed by atoms with van der Waals surface area (Å²) in [4.78, 5) is 24.6. The fraction of sp³-hybridized carbons (Fsp3) is 0.263. The quantitative estimate of drug-likeness (QED) is 0.656. The van der Waals surface area contributed by atoms with E-state index in [1.807, 2.05) is 0 Å². The van der Waals surface area contributed by atoms with E-state index in [4.69, 9.17) is 0 Å². The van der Waals surface area contributed by atoms with Crippen molar-refractivity contribution in [2.24, 2.45) is 0 Å². The summed E-state index contributed by atoms with van der Waals surface area (Å²) in [5.41, 5.74) is 1.24. The lowest BCUT2D eigenvalue weighted by molar-refractivity contribution is -0.114. The second-order valence-electron chi connectivity index (χ2n) is 6.60. The van der Waals surface area contributed by atoms with Gasteiger partial charge in [0.2, 0.25) is 15.9 Å². The van der Waals surface area contributed by atoms with Gasteiger partial charge in [0.05, 0.1) is 11.9 Å². The Kier molecular flexibility index (Phi) is 6.04. The average Bonchev–Trinajstić information content (AvgIpc) is 3.44. The molecule has 3 rings (SSSR count). The first-order valence-electron chi connectivity index (χ1n) is 8.67. The Balaban J connectivity index is 1.73. The van der Waals surface area contributed by atoms with E-state index in [9.17, 15) is 18.0 Å². The van der Waals surface area contributed by atoms with Crippen LogP contribution in [-0.2, 0) is 14.8 Å². The molecule has 7 nitrogen and oxygen atoms in total. The van der Waals surface area contributed by atoms with Crippen molar-refractivity contribution in [2.45, 2.75) is 18.9 Å². The van der Waals surface area contributed by atoms with E-state index in [0.29, 0.717) is 21.4 Å². The molecule has 0 bridgehead atoms. The number of carbonyl (C=O) groups is 2. The fourth-order valence-electron chi connectivity index (χ4n) is 2.60. The van der Waals surface area contributed by atoms with Gasteiger partial charge in [0.1, 0.15) is 6.54 Å². The van der Waals surface area contributed by atoms with Gasteiger partial charge in [-0.05, 0) is 59.1 Å². The summed E-state index contributed by atoms with van der Waals surface area (Å²) in [6, 6.07) is 13.5. The van der Waals surface area contributed by atoms with E-state index >= 15 is 0 Å². The average molecular weight is 466 g/mol. The van der Waals surface area contributed by atoms with Crippen molar-refractivity contribution in [3.05, 3.63) is 58.6 Å². The number of amides is 2. The van der Waals surface area contributed by atoms with Crippen LogP contribution in [0.1, 0.15) is 23.2 Å². The third kappa shape index (κ3) is 5.32. The number of para-hydroxylation sites is 1. The molecular formula is C19H20BrN3O4S. The summed E-state index contributed by atoms with van der Waals surface area (Å²) in [5, 5.41) is 5.54. The summed E-state index contributed by atoms with van der Waals surface area (Å²) in [5.74, 6) is -0.703. The number of halogens is 1. The number of nitrogens with zero attached hydrogens (tertiary/aromatic N) is 1. The highest BCUT2D eigenvalue weighted by molar-refractivity contribution is 9.10. The number of anilines is 2. The van der Waals surface area contributed by atoms with Crippen molar-refractivity contribution in [2.75, 3.05) is 22.4 Å². The molecule has 2 amide bonds. The van der Waals surface area contributed by atoms with Crippen LogP contribution in [0.5, 0.6) is 0 Å². The topological polar surface area (TPSA) is 95.6 Å². The van der Waals surface area contributed by atoms with Crippen LogP contribution in [-0.4, -0.2) is 39.1 Å². The highest BCUT2D eigenvalue weighted by Crippen LogP contribution is 2.27. The number of sulfonamides is 1. The maximum atomic E-state index is 12.5. The highest BCUT2D eigenvalue weighted by atomic mass is 79.9. The van der Waals surface area contributed by atoms with Gasteiger partial charge >= 0.3 is 0 Å². The maximum absolute atomic E-state index is 12.5. The van der Waals surface area contributed by atoms with Crippen LogP contribution in [0.25, 0.3) is 0 Å². The zero-order valence-electron chi connectivity index (χ0n) is 15.2. The molecule has 0 saturated heterocycles. The zero-order valence-corrected chi connectivity index (χ0v) is 17.6. The van der Waals surface area contributed by atoms with E-state index in [1.165, 1.54) is 0 Å². The monoisotopic (exact) mass is 465 g/mol. The molecule has 9 heteroatoms. The lowest BCUT2D eigenvalue weighted by Crippen LogP contribution is -2.37. The summed E-state index contributed by atoms with van der Waals surface area (Å²) in [6.07, 6.45) is 3.01. The predicted molar refractivity (Wildman–Crippen MR) is 112 cm³/mol. The molecule has 28 heavy (non-hydrogen) atoms. The molecule has 2 N–H and O–H groups in total. The SMILES string of the molecule is CS(=O)(=O)N(CC(=O)Nc1cccc(C(=O)NC2CC2)c1)c1ccccc1Br. The number of nitrogens with one attached hydrogen (secondary N) is 2. The molecule has 2 aromatic carbocycles. The minimum atomic E-state index is -3.68. The molecule has 1 aliphatic carbocycles. The number of benzene rings is 2. The number of carbonyl (C=O) groups excluding carboxylic acids is 2. The molecule has 0 radical (unpaired) electrons. The molecule has 0 heterocycles. The molecule has 1 saturated carbocycles. The summed E-state index contributed by atoms with van der Waals surface area (Å²) in [7, 11) is -3.68. The molecule has 1 aliphatic rings. The van der Waals surface area contributed by atoms with Gasteiger partial charge in [-0.1, -0.05) is 18.2 Å². The van der Waals surface area contributed by atoms with Crippen molar-refractivity contribution in [1.82, 2.24) is 5.32 Å². The Hall–Kier alpha value is -2.39. The Labute approximate surface area is 172 Å². The first kappa shape index (κ1) is 20.3. The molecule has 2 aromatic rings. The zero-order chi connectivity index (χ0) is 20.3. The van der Waals surface area contributed by atoms with E-state index in [1.54, 1.807) is 48.5 Å². The van der Waals surface area contributed by atoms with Crippen molar-refractivity contribution >= 4 is 49.1 Å². The van der Waals surface area contributed by atoms with Crippen LogP contribution >= 0.6 is 15.9 Å². The Morgan fingerprint density at radius 2 is 1.86 bits per heavy atom. The highest BCUT2D eigenvalue weighted by Gasteiger charge is 2.24. The van der Waals surface area contributed by atoms with Crippen LogP contribution in [0.4, 0.5) is 11.4 Å². The lowest BCUT2D eigenvalue weighted by Gasteiger charge is -2.23. The maximum Gasteiger partial charge on any atom is 0.251 e. The summed E-state index contributed by atoms with van der Waals surface area (Å²) >= 11 is 3.31. The minimum Gasteiger partial charge on any atom is -0.349 e. The molecule has 0 spiro atoms. The van der Waals surface area contributed by atoms with Gasteiger partial charge in [-0.15, -0.1) is 0 Å². The van der Waals surface area contributed by atoms with E-state index in [-0.39, 0.29) is 18.5 Å². The molecular weight excluding hydrogens is 446 g/mol. The van der Waals surface area contributed by atoms with E-state index in [0.717, 1.165) is 23.4 Å². The van der Waals surface area contributed by atoms with Gasteiger partial charge in [-0.25, -0.2) is 8.42 Å². The van der Waals surface area contributed by atoms with Crippen molar-refractivity contribution in [1.29, 1.82) is 0 Å². The molecule has 0 atom stereocenters. The van der Waals surface area contributed by atoms with Crippen molar-refractivity contribution in [3.63, 3.8) is 0 Å². The van der Waals surface area contributed by atoms with Crippen molar-refractivity contribution < 1.29 is 18.0 Å². The van der Waals surface area contributed by atoms with Crippen LogP contribution in [0.3, 0.4) is 0 Å². The van der Waals surface area contributed by atoms with Gasteiger partial charge < -0.3 is 10.6 Å². The molecule has 0 aliphatic heterocycles. The van der Waals surface area contributed by atoms with Crippen molar-refractivity contribution in [3.8, 4) is 0 Å². The third-order valence-electron chi connectivity index (χ3n) is 4.13. The Morgan fingerprint density at radius 1 is 1.14 bits per heavy atom. The summed E-state index contributed by atoms with van der Waals surface area (Å²) in [6.45, 7) is -0.389. The van der Waals surface area contributed by atoms with E-state index < -0.39 is 15.9 Å².